The van der Waals surface area contributed by atoms with E-state index in [1.165, 1.54) is 5.56 Å². The molecule has 3 unspecified atom stereocenters. The second-order valence-electron chi connectivity index (χ2n) is 7.19. The van der Waals surface area contributed by atoms with Gasteiger partial charge < -0.3 is 5.32 Å². The molecule has 2 aromatic carbocycles. The van der Waals surface area contributed by atoms with Crippen LogP contribution in [0.4, 0.5) is 0 Å². The van der Waals surface area contributed by atoms with Crippen LogP contribution in [0.25, 0.3) is 0 Å². The molecule has 4 rings (SSSR count). The lowest BCUT2D eigenvalue weighted by Gasteiger charge is -2.31. The molecule has 1 saturated carbocycles. The quantitative estimate of drug-likeness (QED) is 0.805. The molecule has 3 atom stereocenters. The topological polar surface area (TPSA) is 53.2 Å². The summed E-state index contributed by atoms with van der Waals surface area (Å²) in [6.07, 6.45) is 4.00. The number of amides is 1. The predicted molar refractivity (Wildman–Crippen MR) is 99.2 cm³/mol. The molecule has 130 valence electrons. The summed E-state index contributed by atoms with van der Waals surface area (Å²) in [6.45, 7) is 1.00. The van der Waals surface area contributed by atoms with E-state index in [0.29, 0.717) is 12.0 Å². The molecule has 4 nitrogen and oxygen atoms in total. The van der Waals surface area contributed by atoms with E-state index in [1.807, 2.05) is 36.4 Å². The van der Waals surface area contributed by atoms with Crippen molar-refractivity contribution in [3.8, 4) is 0 Å². The Labute approximate surface area is 149 Å². The maximum atomic E-state index is 12.9. The first-order valence-electron chi connectivity index (χ1n) is 9.20. The Kier molecular flexibility index (Phi) is 4.81. The van der Waals surface area contributed by atoms with Crippen LogP contribution < -0.4 is 16.2 Å². The standard InChI is InChI=1S/C21H25N3O/c25-21(23-18-10-11-20-17(13-18)14-22-24-20)19-9-5-4-8-16(19)12-15-6-2-1-3-7-15/h1-9,17-18,20,22,24H,10-14H2,(H,23,25). The highest BCUT2D eigenvalue weighted by molar-refractivity contribution is 5.96. The van der Waals surface area contributed by atoms with Crippen molar-refractivity contribution in [1.82, 2.24) is 16.2 Å². The molecule has 1 aliphatic heterocycles. The van der Waals surface area contributed by atoms with Gasteiger partial charge in [-0.25, -0.2) is 0 Å². The van der Waals surface area contributed by atoms with Crippen LogP contribution in [0.5, 0.6) is 0 Å². The van der Waals surface area contributed by atoms with Gasteiger partial charge in [-0.05, 0) is 48.8 Å². The molecule has 4 heteroatoms. The maximum absolute atomic E-state index is 12.9. The molecule has 2 aromatic rings. The Morgan fingerprint density at radius 3 is 2.72 bits per heavy atom. The molecule has 2 aliphatic rings. The highest BCUT2D eigenvalue weighted by atomic mass is 16.1. The van der Waals surface area contributed by atoms with E-state index >= 15 is 0 Å². The fourth-order valence-electron chi connectivity index (χ4n) is 4.11. The number of nitrogens with one attached hydrogen (secondary N) is 3. The highest BCUT2D eigenvalue weighted by Gasteiger charge is 2.34. The van der Waals surface area contributed by atoms with Crippen LogP contribution in [-0.4, -0.2) is 24.5 Å². The van der Waals surface area contributed by atoms with Crippen LogP contribution >= 0.6 is 0 Å². The van der Waals surface area contributed by atoms with E-state index in [1.54, 1.807) is 0 Å². The fraction of sp³-hybridized carbons (Fsp3) is 0.381. The van der Waals surface area contributed by atoms with Crippen LogP contribution in [0.1, 0.15) is 40.7 Å². The number of carbonyl (C=O) groups is 1. The molecule has 1 saturated heterocycles. The summed E-state index contributed by atoms with van der Waals surface area (Å²) in [4.78, 5) is 12.9. The zero-order valence-corrected chi connectivity index (χ0v) is 14.4. The summed E-state index contributed by atoms with van der Waals surface area (Å²) in [7, 11) is 0. The number of benzene rings is 2. The minimum atomic E-state index is 0.0638. The molecule has 25 heavy (non-hydrogen) atoms. The molecule has 0 aromatic heterocycles. The van der Waals surface area contributed by atoms with Gasteiger partial charge in [-0.1, -0.05) is 48.5 Å². The van der Waals surface area contributed by atoms with E-state index in [2.05, 4.69) is 34.4 Å². The number of fused-ring (bicyclic) bond motifs is 1. The monoisotopic (exact) mass is 335 g/mol. The normalized spacial score (nSPS) is 25.4. The summed E-state index contributed by atoms with van der Waals surface area (Å²) in [5.41, 5.74) is 9.70. The summed E-state index contributed by atoms with van der Waals surface area (Å²) in [6, 6.07) is 19.1. The van der Waals surface area contributed by atoms with E-state index in [0.717, 1.165) is 43.4 Å². The lowest BCUT2D eigenvalue weighted by Crippen LogP contribution is -2.44. The average molecular weight is 335 g/mol. The molecular weight excluding hydrogens is 310 g/mol. The van der Waals surface area contributed by atoms with Crippen LogP contribution in [0.3, 0.4) is 0 Å². The number of hydrazine groups is 1. The van der Waals surface area contributed by atoms with E-state index < -0.39 is 0 Å². The van der Waals surface area contributed by atoms with Gasteiger partial charge in [-0.2, -0.15) is 0 Å². The summed E-state index contributed by atoms with van der Waals surface area (Å²) >= 11 is 0. The lowest BCUT2D eigenvalue weighted by atomic mass is 9.83. The molecule has 2 fully saturated rings. The zero-order valence-electron chi connectivity index (χ0n) is 14.4. The highest BCUT2D eigenvalue weighted by Crippen LogP contribution is 2.27. The Morgan fingerprint density at radius 2 is 1.84 bits per heavy atom. The molecule has 0 spiro atoms. The van der Waals surface area contributed by atoms with Gasteiger partial charge in [0.2, 0.25) is 0 Å². The van der Waals surface area contributed by atoms with Gasteiger partial charge in [0, 0.05) is 24.2 Å². The number of rotatable bonds is 4. The second-order valence-corrected chi connectivity index (χ2v) is 7.19. The third-order valence-corrected chi connectivity index (χ3v) is 5.47. The largest absolute Gasteiger partial charge is 0.349 e. The van der Waals surface area contributed by atoms with Crippen LogP contribution in [0.2, 0.25) is 0 Å². The van der Waals surface area contributed by atoms with Crippen molar-refractivity contribution in [2.45, 2.75) is 37.8 Å². The van der Waals surface area contributed by atoms with Crippen LogP contribution in [0, 0.1) is 5.92 Å². The van der Waals surface area contributed by atoms with Gasteiger partial charge in [0.15, 0.2) is 0 Å². The van der Waals surface area contributed by atoms with E-state index in [4.69, 9.17) is 0 Å². The van der Waals surface area contributed by atoms with Crippen molar-refractivity contribution in [2.75, 3.05) is 6.54 Å². The number of carbonyl (C=O) groups excluding carboxylic acids is 1. The smallest absolute Gasteiger partial charge is 0.251 e. The third-order valence-electron chi connectivity index (χ3n) is 5.47. The van der Waals surface area contributed by atoms with Gasteiger partial charge >= 0.3 is 0 Å². The molecule has 1 amide bonds. The average Bonchev–Trinajstić information content (AvgIpc) is 3.11. The second kappa shape index (κ2) is 7.38. The summed E-state index contributed by atoms with van der Waals surface area (Å²) < 4.78 is 0. The van der Waals surface area contributed by atoms with Crippen molar-refractivity contribution in [3.63, 3.8) is 0 Å². The van der Waals surface area contributed by atoms with Crippen molar-refractivity contribution in [3.05, 3.63) is 71.3 Å². The van der Waals surface area contributed by atoms with Gasteiger partial charge in [-0.15, -0.1) is 0 Å². The minimum Gasteiger partial charge on any atom is -0.349 e. The first kappa shape index (κ1) is 16.3. The SMILES string of the molecule is O=C(NC1CCC2NNCC2C1)c1ccccc1Cc1ccccc1. The van der Waals surface area contributed by atoms with Gasteiger partial charge in [-0.3, -0.25) is 15.6 Å². The van der Waals surface area contributed by atoms with E-state index in [9.17, 15) is 4.79 Å². The molecule has 1 heterocycles. The Balaban J connectivity index is 1.45. The Morgan fingerprint density at radius 1 is 1.04 bits per heavy atom. The first-order chi connectivity index (χ1) is 12.3. The first-order valence-corrected chi connectivity index (χ1v) is 9.20. The van der Waals surface area contributed by atoms with Crippen molar-refractivity contribution < 1.29 is 4.79 Å². The van der Waals surface area contributed by atoms with Gasteiger partial charge in [0.05, 0.1) is 0 Å². The predicted octanol–water partition coefficient (Wildman–Crippen LogP) is 2.65. The lowest BCUT2D eigenvalue weighted by molar-refractivity contribution is 0.0917. The van der Waals surface area contributed by atoms with Gasteiger partial charge in [0.25, 0.3) is 5.91 Å². The van der Waals surface area contributed by atoms with Crippen LogP contribution in [-0.2, 0) is 6.42 Å². The summed E-state index contributed by atoms with van der Waals surface area (Å²) in [5, 5.41) is 3.28. The fourth-order valence-corrected chi connectivity index (χ4v) is 4.11. The van der Waals surface area contributed by atoms with Crippen molar-refractivity contribution in [2.24, 2.45) is 5.92 Å². The number of hydrogen-bond acceptors (Lipinski definition) is 3. The van der Waals surface area contributed by atoms with Crippen LogP contribution in [0.15, 0.2) is 54.6 Å². The minimum absolute atomic E-state index is 0.0638. The molecule has 0 radical (unpaired) electrons. The Bertz CT molecular complexity index is 731. The molecule has 3 N–H and O–H groups in total. The van der Waals surface area contributed by atoms with Crippen molar-refractivity contribution in [1.29, 1.82) is 0 Å². The maximum Gasteiger partial charge on any atom is 0.251 e. The molecular formula is C21H25N3O. The van der Waals surface area contributed by atoms with E-state index in [-0.39, 0.29) is 11.9 Å². The van der Waals surface area contributed by atoms with Crippen molar-refractivity contribution >= 4 is 5.91 Å². The van der Waals surface area contributed by atoms with Gasteiger partial charge in [0.1, 0.15) is 0 Å². The number of hydrogen-bond donors (Lipinski definition) is 3. The third kappa shape index (κ3) is 3.75. The Hall–Kier alpha value is -2.17. The zero-order chi connectivity index (χ0) is 17.1. The molecule has 0 bridgehead atoms. The summed E-state index contributed by atoms with van der Waals surface area (Å²) in [5.74, 6) is 0.688. The molecule has 1 aliphatic carbocycles.